The van der Waals surface area contributed by atoms with Crippen LogP contribution in [0.5, 0.6) is 0 Å². The zero-order valence-corrected chi connectivity index (χ0v) is 19.7. The van der Waals surface area contributed by atoms with E-state index in [1.807, 2.05) is 13.0 Å². The first-order valence-corrected chi connectivity index (χ1v) is 12.5. The Balaban J connectivity index is 2.41. The summed E-state index contributed by atoms with van der Waals surface area (Å²) < 4.78 is 52.7. The van der Waals surface area contributed by atoms with Gasteiger partial charge in [-0.1, -0.05) is 44.2 Å². The minimum absolute atomic E-state index is 0.0765. The van der Waals surface area contributed by atoms with Gasteiger partial charge in [-0.3, -0.25) is 13.9 Å². The van der Waals surface area contributed by atoms with E-state index in [2.05, 4.69) is 5.32 Å². The molecule has 0 heterocycles. The number of hydrogen-bond acceptors (Lipinski definition) is 4. The summed E-state index contributed by atoms with van der Waals surface area (Å²) in [6, 6.07) is 10.7. The van der Waals surface area contributed by atoms with Gasteiger partial charge in [0.1, 0.15) is 12.6 Å². The summed E-state index contributed by atoms with van der Waals surface area (Å²) >= 11 is 0. The normalized spacial score (nSPS) is 12.2. The van der Waals surface area contributed by atoms with Crippen molar-refractivity contribution in [3.8, 4) is 0 Å². The topological polar surface area (TPSA) is 86.8 Å². The van der Waals surface area contributed by atoms with Gasteiger partial charge in [-0.2, -0.15) is 0 Å². The van der Waals surface area contributed by atoms with Gasteiger partial charge >= 0.3 is 0 Å². The molecule has 7 nitrogen and oxygen atoms in total. The molecule has 2 amide bonds. The third kappa shape index (κ3) is 7.24. The molecule has 1 atom stereocenters. The van der Waals surface area contributed by atoms with Crippen molar-refractivity contribution in [2.75, 3.05) is 23.7 Å². The van der Waals surface area contributed by atoms with Crippen LogP contribution in [0.25, 0.3) is 0 Å². The molecule has 1 N–H and O–H groups in total. The molecule has 2 rings (SSSR count). The van der Waals surface area contributed by atoms with E-state index in [0.29, 0.717) is 23.7 Å². The second-order valence-corrected chi connectivity index (χ2v) is 9.50. The molecule has 2 aromatic carbocycles. The van der Waals surface area contributed by atoms with E-state index >= 15 is 0 Å². The van der Waals surface area contributed by atoms with Gasteiger partial charge in [-0.05, 0) is 30.5 Å². The summed E-state index contributed by atoms with van der Waals surface area (Å²) in [6.07, 6.45) is 1.89. The first-order valence-electron chi connectivity index (χ1n) is 10.6. The maximum atomic E-state index is 13.8. The third-order valence-corrected chi connectivity index (χ3v) is 6.14. The van der Waals surface area contributed by atoms with Crippen molar-refractivity contribution >= 4 is 27.5 Å². The number of nitrogens with one attached hydrogen (secondary N) is 1. The zero-order valence-electron chi connectivity index (χ0n) is 18.9. The molecule has 0 fully saturated rings. The summed E-state index contributed by atoms with van der Waals surface area (Å²) in [5, 5.41) is 2.78. The van der Waals surface area contributed by atoms with Gasteiger partial charge in [0, 0.05) is 19.2 Å². The molecule has 2 aromatic rings. The highest BCUT2D eigenvalue weighted by molar-refractivity contribution is 7.92. The van der Waals surface area contributed by atoms with E-state index in [9.17, 15) is 26.8 Å². The van der Waals surface area contributed by atoms with Gasteiger partial charge in [0.05, 0.1) is 11.9 Å². The molecule has 33 heavy (non-hydrogen) atoms. The molecule has 0 aliphatic heterocycles. The van der Waals surface area contributed by atoms with E-state index in [0.717, 1.165) is 30.0 Å². The quantitative estimate of drug-likeness (QED) is 0.535. The Hall–Kier alpha value is -3.01. The average Bonchev–Trinajstić information content (AvgIpc) is 2.77. The molecule has 10 heteroatoms. The highest BCUT2D eigenvalue weighted by Crippen LogP contribution is 2.22. The van der Waals surface area contributed by atoms with Crippen molar-refractivity contribution in [3.63, 3.8) is 0 Å². The summed E-state index contributed by atoms with van der Waals surface area (Å²) in [4.78, 5) is 27.5. The van der Waals surface area contributed by atoms with Gasteiger partial charge in [-0.25, -0.2) is 17.2 Å². The molecule has 180 valence electrons. The van der Waals surface area contributed by atoms with Gasteiger partial charge in [-0.15, -0.1) is 0 Å². The van der Waals surface area contributed by atoms with Crippen LogP contribution in [0.1, 0.15) is 32.3 Å². The SMILES string of the molecule is CCCNC(=O)C(CC)N(Cc1ccccc1)C(=O)CN(c1ccc(F)c(F)c1)S(C)(=O)=O. The minimum Gasteiger partial charge on any atom is -0.354 e. The van der Waals surface area contributed by atoms with E-state index < -0.39 is 40.2 Å². The molecular weight excluding hydrogens is 452 g/mol. The lowest BCUT2D eigenvalue weighted by molar-refractivity contribution is -0.140. The average molecular weight is 482 g/mol. The van der Waals surface area contributed by atoms with E-state index in [4.69, 9.17) is 0 Å². The molecule has 0 spiro atoms. The van der Waals surface area contributed by atoms with Crippen LogP contribution in [0.2, 0.25) is 0 Å². The number of anilines is 1. The summed E-state index contributed by atoms with van der Waals surface area (Å²) in [5.74, 6) is -3.36. The van der Waals surface area contributed by atoms with Gasteiger partial charge in [0.25, 0.3) is 0 Å². The lowest BCUT2D eigenvalue weighted by atomic mass is 10.1. The standard InChI is InChI=1S/C23H29F2N3O4S/c1-4-13-26-23(30)21(5-2)27(15-17-9-7-6-8-10-17)22(29)16-28(33(3,31)32)18-11-12-19(24)20(25)14-18/h6-12,14,21H,4-5,13,15-16H2,1-3H3,(H,26,30). The van der Waals surface area contributed by atoms with Gasteiger partial charge < -0.3 is 10.2 Å². The van der Waals surface area contributed by atoms with E-state index in [1.165, 1.54) is 4.90 Å². The Morgan fingerprint density at radius 1 is 1.03 bits per heavy atom. The first-order chi connectivity index (χ1) is 15.6. The van der Waals surface area contributed by atoms with Crippen LogP contribution in [0.15, 0.2) is 48.5 Å². The van der Waals surface area contributed by atoms with Crippen molar-refractivity contribution in [2.24, 2.45) is 0 Å². The maximum absolute atomic E-state index is 13.8. The number of halogens is 2. The fourth-order valence-corrected chi connectivity index (χ4v) is 4.16. The monoisotopic (exact) mass is 481 g/mol. The first kappa shape index (κ1) is 26.2. The number of amides is 2. The van der Waals surface area contributed by atoms with Crippen LogP contribution in [0.4, 0.5) is 14.5 Å². The third-order valence-electron chi connectivity index (χ3n) is 5.00. The van der Waals surface area contributed by atoms with Crippen molar-refractivity contribution in [1.82, 2.24) is 10.2 Å². The van der Waals surface area contributed by atoms with Crippen LogP contribution in [0.3, 0.4) is 0 Å². The predicted octanol–water partition coefficient (Wildman–Crippen LogP) is 3.06. The second-order valence-electron chi connectivity index (χ2n) is 7.59. The Kier molecular flexibility index (Phi) is 9.33. The van der Waals surface area contributed by atoms with E-state index in [1.54, 1.807) is 31.2 Å². The summed E-state index contributed by atoms with van der Waals surface area (Å²) in [7, 11) is -4.02. The predicted molar refractivity (Wildman–Crippen MR) is 123 cm³/mol. The number of hydrogen-bond donors (Lipinski definition) is 1. The van der Waals surface area contributed by atoms with E-state index in [-0.39, 0.29) is 18.1 Å². The molecule has 0 aliphatic carbocycles. The summed E-state index contributed by atoms with van der Waals surface area (Å²) in [5.41, 5.74) is 0.569. The highest BCUT2D eigenvalue weighted by Gasteiger charge is 2.31. The molecular formula is C23H29F2N3O4S. The zero-order chi connectivity index (χ0) is 24.6. The molecule has 0 saturated heterocycles. The van der Waals surface area contributed by atoms with Crippen molar-refractivity contribution in [2.45, 2.75) is 39.3 Å². The van der Waals surface area contributed by atoms with Crippen LogP contribution < -0.4 is 9.62 Å². The minimum atomic E-state index is -4.02. The Bertz CT molecular complexity index is 1060. The van der Waals surface area contributed by atoms with Crippen molar-refractivity contribution < 1.29 is 26.8 Å². The molecule has 0 radical (unpaired) electrons. The van der Waals surface area contributed by atoms with Crippen molar-refractivity contribution in [3.05, 3.63) is 65.7 Å². The Labute approximate surface area is 193 Å². The number of carbonyl (C=O) groups is 2. The number of benzene rings is 2. The number of nitrogens with zero attached hydrogens (tertiary/aromatic N) is 2. The number of sulfonamides is 1. The number of carbonyl (C=O) groups excluding carboxylic acids is 2. The molecule has 0 saturated carbocycles. The largest absolute Gasteiger partial charge is 0.354 e. The van der Waals surface area contributed by atoms with Crippen LogP contribution >= 0.6 is 0 Å². The smallest absolute Gasteiger partial charge is 0.244 e. The van der Waals surface area contributed by atoms with Gasteiger partial charge in [0.2, 0.25) is 21.8 Å². The molecule has 0 aliphatic rings. The lowest BCUT2D eigenvalue weighted by Crippen LogP contribution is -2.52. The Morgan fingerprint density at radius 2 is 1.70 bits per heavy atom. The molecule has 1 unspecified atom stereocenters. The van der Waals surface area contributed by atoms with Gasteiger partial charge in [0.15, 0.2) is 11.6 Å². The lowest BCUT2D eigenvalue weighted by Gasteiger charge is -2.32. The van der Waals surface area contributed by atoms with Crippen molar-refractivity contribution in [1.29, 1.82) is 0 Å². The Morgan fingerprint density at radius 3 is 2.24 bits per heavy atom. The van der Waals surface area contributed by atoms with Crippen LogP contribution in [0, 0.1) is 11.6 Å². The summed E-state index contributed by atoms with van der Waals surface area (Å²) in [6.45, 7) is 3.50. The fourth-order valence-electron chi connectivity index (χ4n) is 3.32. The fraction of sp³-hybridized carbons (Fsp3) is 0.391. The molecule has 0 aromatic heterocycles. The molecule has 0 bridgehead atoms. The highest BCUT2D eigenvalue weighted by atomic mass is 32.2. The maximum Gasteiger partial charge on any atom is 0.244 e. The second kappa shape index (κ2) is 11.7. The number of rotatable bonds is 11. The van der Waals surface area contributed by atoms with Crippen LogP contribution in [-0.2, 0) is 26.2 Å². The van der Waals surface area contributed by atoms with Crippen LogP contribution in [-0.4, -0.2) is 50.5 Å².